The summed E-state index contributed by atoms with van der Waals surface area (Å²) >= 11 is 0. The summed E-state index contributed by atoms with van der Waals surface area (Å²) in [5.41, 5.74) is 6.42. The zero-order valence-corrected chi connectivity index (χ0v) is 13.1. The lowest BCUT2D eigenvalue weighted by atomic mass is 10.1. The van der Waals surface area contributed by atoms with Crippen LogP contribution in [-0.4, -0.2) is 23.9 Å². The van der Waals surface area contributed by atoms with Gasteiger partial charge in [-0.3, -0.25) is 4.79 Å². The maximum atomic E-state index is 13.0. The zero-order valence-electron chi connectivity index (χ0n) is 13.1. The van der Waals surface area contributed by atoms with E-state index in [1.807, 2.05) is 18.7 Å². The van der Waals surface area contributed by atoms with Gasteiger partial charge >= 0.3 is 0 Å². The van der Waals surface area contributed by atoms with Gasteiger partial charge in [0.1, 0.15) is 5.82 Å². The lowest BCUT2D eigenvalue weighted by Gasteiger charge is -2.28. The lowest BCUT2D eigenvalue weighted by Crippen LogP contribution is -2.33. The van der Waals surface area contributed by atoms with Gasteiger partial charge in [0.05, 0.1) is 6.04 Å². The minimum atomic E-state index is -0.250. The maximum absolute atomic E-state index is 13.0. The van der Waals surface area contributed by atoms with Crippen molar-refractivity contribution in [1.82, 2.24) is 4.90 Å². The van der Waals surface area contributed by atoms with Gasteiger partial charge in [0, 0.05) is 13.0 Å². The molecular weight excluding hydrogens is 267 g/mol. The predicted octanol–water partition coefficient (Wildman–Crippen LogP) is 3.64. The van der Waals surface area contributed by atoms with E-state index in [1.54, 1.807) is 12.1 Å². The number of hydrogen-bond donors (Lipinski definition) is 1. The highest BCUT2D eigenvalue weighted by molar-refractivity contribution is 5.76. The summed E-state index contributed by atoms with van der Waals surface area (Å²) < 4.78 is 13.0. The Hall–Kier alpha value is -1.42. The molecule has 1 unspecified atom stereocenters. The summed E-state index contributed by atoms with van der Waals surface area (Å²) in [6.45, 7) is 5.35. The molecule has 0 aliphatic rings. The Morgan fingerprint density at radius 3 is 2.38 bits per heavy atom. The Labute approximate surface area is 127 Å². The van der Waals surface area contributed by atoms with Crippen LogP contribution in [0.15, 0.2) is 24.3 Å². The van der Waals surface area contributed by atoms with Crippen molar-refractivity contribution in [2.45, 2.75) is 52.0 Å². The van der Waals surface area contributed by atoms with Gasteiger partial charge in [0.25, 0.3) is 0 Å². The molecule has 0 fully saturated rings. The van der Waals surface area contributed by atoms with Crippen LogP contribution in [0.4, 0.5) is 4.39 Å². The molecule has 2 N–H and O–H groups in total. The standard InChI is InChI=1S/C17H27FN2O/c1-3-20(17(21)8-6-4-5-7-13-19)14(2)15-9-11-16(18)12-10-15/h9-12,14H,3-8,13,19H2,1-2H3. The average Bonchev–Trinajstić information content (AvgIpc) is 2.48. The quantitative estimate of drug-likeness (QED) is 0.707. The fraction of sp³-hybridized carbons (Fsp3) is 0.588. The highest BCUT2D eigenvalue weighted by Gasteiger charge is 2.19. The number of unbranched alkanes of at least 4 members (excludes halogenated alkanes) is 3. The van der Waals surface area contributed by atoms with E-state index < -0.39 is 0 Å². The van der Waals surface area contributed by atoms with E-state index in [4.69, 9.17) is 5.73 Å². The molecule has 0 heterocycles. The zero-order chi connectivity index (χ0) is 15.7. The number of halogens is 1. The monoisotopic (exact) mass is 294 g/mol. The second kappa shape index (κ2) is 9.50. The number of carbonyl (C=O) groups excluding carboxylic acids is 1. The average molecular weight is 294 g/mol. The van der Waals surface area contributed by atoms with E-state index in [0.717, 1.165) is 37.8 Å². The van der Waals surface area contributed by atoms with E-state index in [2.05, 4.69) is 0 Å². The summed E-state index contributed by atoms with van der Waals surface area (Å²) in [5, 5.41) is 0. The van der Waals surface area contributed by atoms with Gasteiger partial charge in [0.15, 0.2) is 0 Å². The highest BCUT2D eigenvalue weighted by atomic mass is 19.1. The normalized spacial score (nSPS) is 12.2. The molecule has 0 aromatic heterocycles. The second-order valence-corrected chi connectivity index (χ2v) is 5.36. The third kappa shape index (κ3) is 5.84. The minimum absolute atomic E-state index is 0.0212. The fourth-order valence-corrected chi connectivity index (χ4v) is 2.51. The molecule has 0 bridgehead atoms. The van der Waals surface area contributed by atoms with Crippen molar-refractivity contribution in [1.29, 1.82) is 0 Å². The first-order valence-corrected chi connectivity index (χ1v) is 7.85. The van der Waals surface area contributed by atoms with Crippen molar-refractivity contribution < 1.29 is 9.18 Å². The van der Waals surface area contributed by atoms with Gasteiger partial charge < -0.3 is 10.6 Å². The highest BCUT2D eigenvalue weighted by Crippen LogP contribution is 2.21. The molecule has 0 saturated carbocycles. The van der Waals surface area contributed by atoms with Crippen LogP contribution in [-0.2, 0) is 4.79 Å². The van der Waals surface area contributed by atoms with Crippen molar-refractivity contribution >= 4 is 5.91 Å². The Bertz CT molecular complexity index is 419. The third-order valence-electron chi connectivity index (χ3n) is 3.83. The number of benzene rings is 1. The molecule has 0 saturated heterocycles. The van der Waals surface area contributed by atoms with Crippen molar-refractivity contribution in [2.24, 2.45) is 5.73 Å². The van der Waals surface area contributed by atoms with E-state index in [-0.39, 0.29) is 17.8 Å². The van der Waals surface area contributed by atoms with Crippen molar-refractivity contribution in [2.75, 3.05) is 13.1 Å². The van der Waals surface area contributed by atoms with Gasteiger partial charge in [-0.05, 0) is 50.9 Å². The van der Waals surface area contributed by atoms with Gasteiger partial charge in [-0.25, -0.2) is 4.39 Å². The molecule has 1 amide bonds. The fourth-order valence-electron chi connectivity index (χ4n) is 2.51. The Balaban J connectivity index is 2.52. The third-order valence-corrected chi connectivity index (χ3v) is 3.83. The summed E-state index contributed by atoms with van der Waals surface area (Å²) in [6.07, 6.45) is 4.64. The van der Waals surface area contributed by atoms with Crippen LogP contribution in [0.3, 0.4) is 0 Å². The van der Waals surface area contributed by atoms with E-state index in [1.165, 1.54) is 12.1 Å². The number of hydrogen-bond acceptors (Lipinski definition) is 2. The van der Waals surface area contributed by atoms with Crippen molar-refractivity contribution in [3.05, 3.63) is 35.6 Å². The first kappa shape index (κ1) is 17.6. The molecule has 0 aliphatic heterocycles. The first-order valence-electron chi connectivity index (χ1n) is 7.85. The Morgan fingerprint density at radius 1 is 1.19 bits per heavy atom. The molecule has 3 nitrogen and oxygen atoms in total. The number of nitrogens with zero attached hydrogens (tertiary/aromatic N) is 1. The summed E-state index contributed by atoms with van der Waals surface area (Å²) in [5.74, 6) is -0.0812. The molecule has 0 spiro atoms. The van der Waals surface area contributed by atoms with Crippen molar-refractivity contribution in [3.63, 3.8) is 0 Å². The number of carbonyl (C=O) groups is 1. The van der Waals surface area contributed by atoms with Gasteiger partial charge in [-0.15, -0.1) is 0 Å². The molecule has 1 aromatic carbocycles. The summed E-state index contributed by atoms with van der Waals surface area (Å²) in [6, 6.07) is 6.36. The van der Waals surface area contributed by atoms with Crippen molar-refractivity contribution in [3.8, 4) is 0 Å². The van der Waals surface area contributed by atoms with Gasteiger partial charge in [0.2, 0.25) is 5.91 Å². The van der Waals surface area contributed by atoms with E-state index in [0.29, 0.717) is 13.0 Å². The SMILES string of the molecule is CCN(C(=O)CCCCCCN)C(C)c1ccc(F)cc1. The number of nitrogens with two attached hydrogens (primary N) is 1. The maximum Gasteiger partial charge on any atom is 0.223 e. The minimum Gasteiger partial charge on any atom is -0.336 e. The molecule has 21 heavy (non-hydrogen) atoms. The van der Waals surface area contributed by atoms with Gasteiger partial charge in [-0.1, -0.05) is 25.0 Å². The van der Waals surface area contributed by atoms with Crippen LogP contribution >= 0.6 is 0 Å². The van der Waals surface area contributed by atoms with Crippen LogP contribution in [0.2, 0.25) is 0 Å². The molecule has 1 rings (SSSR count). The molecule has 1 atom stereocenters. The Kier molecular flexibility index (Phi) is 7.98. The Morgan fingerprint density at radius 2 is 1.81 bits per heavy atom. The largest absolute Gasteiger partial charge is 0.336 e. The lowest BCUT2D eigenvalue weighted by molar-refractivity contribution is -0.133. The molecule has 0 aliphatic carbocycles. The molecule has 0 radical (unpaired) electrons. The van der Waals surface area contributed by atoms with Crippen LogP contribution < -0.4 is 5.73 Å². The van der Waals surface area contributed by atoms with Crippen LogP contribution in [0.1, 0.15) is 57.6 Å². The molecule has 1 aromatic rings. The first-order chi connectivity index (χ1) is 10.1. The van der Waals surface area contributed by atoms with Gasteiger partial charge in [-0.2, -0.15) is 0 Å². The van der Waals surface area contributed by atoms with Crippen LogP contribution in [0, 0.1) is 5.82 Å². The van der Waals surface area contributed by atoms with Crippen LogP contribution in [0.5, 0.6) is 0 Å². The summed E-state index contributed by atoms with van der Waals surface area (Å²) in [4.78, 5) is 14.2. The topological polar surface area (TPSA) is 46.3 Å². The molecule has 118 valence electrons. The summed E-state index contributed by atoms with van der Waals surface area (Å²) in [7, 11) is 0. The smallest absolute Gasteiger partial charge is 0.223 e. The predicted molar refractivity (Wildman–Crippen MR) is 84.3 cm³/mol. The number of rotatable bonds is 9. The molecular formula is C17H27FN2O. The van der Waals surface area contributed by atoms with E-state index in [9.17, 15) is 9.18 Å². The molecule has 4 heteroatoms. The second-order valence-electron chi connectivity index (χ2n) is 5.36. The number of amides is 1. The van der Waals surface area contributed by atoms with E-state index >= 15 is 0 Å². The van der Waals surface area contributed by atoms with Crippen LogP contribution in [0.25, 0.3) is 0 Å².